The molecule has 0 aliphatic heterocycles. The first-order valence-corrected chi connectivity index (χ1v) is 10.5. The lowest BCUT2D eigenvalue weighted by molar-refractivity contribution is 0.275. The van der Waals surface area contributed by atoms with Crippen LogP contribution in [0.3, 0.4) is 0 Å². The molecule has 6 heteroatoms. The number of methoxy groups -OCH3 is 4. The molecule has 0 radical (unpaired) electrons. The van der Waals surface area contributed by atoms with Crippen LogP contribution in [0.5, 0.6) is 28.7 Å². The summed E-state index contributed by atoms with van der Waals surface area (Å²) in [5.74, 6) is 3.04. The lowest BCUT2D eigenvalue weighted by Gasteiger charge is -2.17. The van der Waals surface area contributed by atoms with E-state index < -0.39 is 0 Å². The highest BCUT2D eigenvalue weighted by atomic mass is 16.5. The first-order valence-electron chi connectivity index (χ1n) is 10.5. The summed E-state index contributed by atoms with van der Waals surface area (Å²) in [4.78, 5) is 4.84. The van der Waals surface area contributed by atoms with Gasteiger partial charge >= 0.3 is 0 Å². The first kappa shape index (κ1) is 22.3. The van der Waals surface area contributed by atoms with Crippen molar-refractivity contribution in [3.63, 3.8) is 0 Å². The first-order chi connectivity index (χ1) is 16.1. The zero-order chi connectivity index (χ0) is 23.4. The molecule has 0 amide bonds. The molecule has 0 aliphatic rings. The zero-order valence-corrected chi connectivity index (χ0v) is 19.5. The summed E-state index contributed by atoms with van der Waals surface area (Å²) in [5, 5.41) is 1.99. The van der Waals surface area contributed by atoms with Crippen molar-refractivity contribution >= 4 is 10.8 Å². The summed E-state index contributed by atoms with van der Waals surface area (Å²) in [6, 6.07) is 19.7. The molecule has 0 atom stereocenters. The van der Waals surface area contributed by atoms with Gasteiger partial charge in [0.1, 0.15) is 6.61 Å². The number of nitrogens with zero attached hydrogens (tertiary/aromatic N) is 1. The Bertz CT molecular complexity index is 1270. The van der Waals surface area contributed by atoms with E-state index in [0.717, 1.165) is 33.3 Å². The fraction of sp³-hybridized carbons (Fsp3) is 0.222. The van der Waals surface area contributed by atoms with Gasteiger partial charge in [-0.15, -0.1) is 0 Å². The average molecular weight is 446 g/mol. The smallest absolute Gasteiger partial charge is 0.203 e. The third kappa shape index (κ3) is 4.51. The summed E-state index contributed by atoms with van der Waals surface area (Å²) < 4.78 is 28.3. The minimum Gasteiger partial charge on any atom is -0.493 e. The van der Waals surface area contributed by atoms with Gasteiger partial charge in [0.05, 0.1) is 34.1 Å². The van der Waals surface area contributed by atoms with Crippen LogP contribution in [0.25, 0.3) is 22.0 Å². The Kier molecular flexibility index (Phi) is 6.54. The molecule has 170 valence electrons. The molecule has 0 spiro atoms. The van der Waals surface area contributed by atoms with E-state index in [4.69, 9.17) is 28.7 Å². The molecule has 4 rings (SSSR count). The molecule has 0 saturated heterocycles. The fourth-order valence-corrected chi connectivity index (χ4v) is 3.82. The monoisotopic (exact) mass is 445 g/mol. The number of hydrogen-bond acceptors (Lipinski definition) is 6. The number of pyridine rings is 1. The molecule has 0 aliphatic carbocycles. The van der Waals surface area contributed by atoms with Crippen molar-refractivity contribution in [2.75, 3.05) is 28.4 Å². The Morgan fingerprint density at radius 2 is 1.36 bits per heavy atom. The highest BCUT2D eigenvalue weighted by Gasteiger charge is 2.17. The topological polar surface area (TPSA) is 59.0 Å². The van der Waals surface area contributed by atoms with Crippen molar-refractivity contribution in [1.82, 2.24) is 4.98 Å². The predicted octanol–water partition coefficient (Wildman–Crippen LogP) is 5.82. The highest BCUT2D eigenvalue weighted by Crippen LogP contribution is 2.42. The molecule has 1 heterocycles. The van der Waals surface area contributed by atoms with E-state index in [1.54, 1.807) is 28.4 Å². The van der Waals surface area contributed by atoms with Gasteiger partial charge in [0, 0.05) is 16.6 Å². The van der Waals surface area contributed by atoms with Crippen LogP contribution in [0, 0.1) is 6.92 Å². The minimum absolute atomic E-state index is 0.408. The second-order valence-electron chi connectivity index (χ2n) is 7.51. The Morgan fingerprint density at radius 3 is 2.03 bits per heavy atom. The van der Waals surface area contributed by atoms with Crippen LogP contribution in [0.2, 0.25) is 0 Å². The maximum Gasteiger partial charge on any atom is 0.203 e. The van der Waals surface area contributed by atoms with Gasteiger partial charge in [-0.3, -0.25) is 4.98 Å². The summed E-state index contributed by atoms with van der Waals surface area (Å²) >= 11 is 0. The summed E-state index contributed by atoms with van der Waals surface area (Å²) in [5.41, 5.74) is 3.59. The Morgan fingerprint density at radius 1 is 0.697 bits per heavy atom. The number of hydrogen-bond donors (Lipinski definition) is 0. The van der Waals surface area contributed by atoms with Crippen LogP contribution in [-0.2, 0) is 6.61 Å². The van der Waals surface area contributed by atoms with Crippen molar-refractivity contribution in [2.24, 2.45) is 0 Å². The molecular formula is C27H27NO5. The largest absolute Gasteiger partial charge is 0.493 e. The maximum absolute atomic E-state index is 6.13. The zero-order valence-electron chi connectivity index (χ0n) is 19.5. The SMILES string of the molecule is COc1cc2cc(-c3cc(OC)c(OC)c(OCc4ccccc4)c3)nc(C)c2cc1OC. The fourth-order valence-electron chi connectivity index (χ4n) is 3.82. The van der Waals surface area contributed by atoms with Crippen LogP contribution in [0.4, 0.5) is 0 Å². The second-order valence-corrected chi connectivity index (χ2v) is 7.51. The van der Waals surface area contributed by atoms with Crippen LogP contribution in [0.15, 0.2) is 60.7 Å². The molecule has 4 aromatic rings. The van der Waals surface area contributed by atoms with Crippen LogP contribution in [-0.4, -0.2) is 33.4 Å². The number of aromatic nitrogens is 1. The molecule has 3 aromatic carbocycles. The van der Waals surface area contributed by atoms with Crippen LogP contribution >= 0.6 is 0 Å². The van der Waals surface area contributed by atoms with E-state index in [-0.39, 0.29) is 0 Å². The third-order valence-corrected chi connectivity index (χ3v) is 5.50. The minimum atomic E-state index is 0.408. The molecule has 33 heavy (non-hydrogen) atoms. The maximum atomic E-state index is 6.13. The van der Waals surface area contributed by atoms with E-state index >= 15 is 0 Å². The van der Waals surface area contributed by atoms with Crippen LogP contribution in [0.1, 0.15) is 11.3 Å². The molecule has 0 saturated carbocycles. The number of benzene rings is 3. The van der Waals surface area contributed by atoms with Crippen molar-refractivity contribution in [1.29, 1.82) is 0 Å². The number of ether oxygens (including phenoxy) is 5. The third-order valence-electron chi connectivity index (χ3n) is 5.50. The van der Waals surface area contributed by atoms with Gasteiger partial charge in [0.15, 0.2) is 23.0 Å². The van der Waals surface area contributed by atoms with E-state index in [9.17, 15) is 0 Å². The lowest BCUT2D eigenvalue weighted by atomic mass is 10.0. The molecule has 0 N–H and O–H groups in total. The predicted molar refractivity (Wildman–Crippen MR) is 129 cm³/mol. The van der Waals surface area contributed by atoms with E-state index in [0.29, 0.717) is 35.4 Å². The van der Waals surface area contributed by atoms with Crippen molar-refractivity contribution in [3.8, 4) is 40.0 Å². The molecular weight excluding hydrogens is 418 g/mol. The highest BCUT2D eigenvalue weighted by molar-refractivity contribution is 5.91. The molecule has 0 unspecified atom stereocenters. The standard InChI is InChI=1S/C27H27NO5/c1-17-21-15-24(30-3)23(29-2)12-19(21)11-22(28-17)20-13-25(31-4)27(32-5)26(14-20)33-16-18-9-7-6-8-10-18/h6-15H,16H2,1-5H3. The van der Waals surface area contributed by atoms with Gasteiger partial charge in [-0.2, -0.15) is 0 Å². The quantitative estimate of drug-likeness (QED) is 0.340. The summed E-state index contributed by atoms with van der Waals surface area (Å²) in [7, 11) is 6.47. The molecule has 1 aromatic heterocycles. The van der Waals surface area contributed by atoms with Gasteiger partial charge in [-0.1, -0.05) is 30.3 Å². The Balaban J connectivity index is 1.80. The van der Waals surface area contributed by atoms with Crippen LogP contribution < -0.4 is 23.7 Å². The van der Waals surface area contributed by atoms with Crippen molar-refractivity contribution < 1.29 is 23.7 Å². The van der Waals surface area contributed by atoms with Crippen molar-refractivity contribution in [3.05, 3.63) is 71.9 Å². The van der Waals surface area contributed by atoms with Gasteiger partial charge in [-0.05, 0) is 48.2 Å². The Hall–Kier alpha value is -3.93. The molecule has 0 fully saturated rings. The van der Waals surface area contributed by atoms with Gasteiger partial charge in [0.2, 0.25) is 5.75 Å². The number of aryl methyl sites for hydroxylation is 1. The summed E-state index contributed by atoms with van der Waals surface area (Å²) in [6.45, 7) is 2.39. The number of rotatable bonds is 8. The summed E-state index contributed by atoms with van der Waals surface area (Å²) in [6.07, 6.45) is 0. The van der Waals surface area contributed by atoms with E-state index in [1.807, 2.05) is 67.6 Å². The molecule has 6 nitrogen and oxygen atoms in total. The van der Waals surface area contributed by atoms with Crippen molar-refractivity contribution in [2.45, 2.75) is 13.5 Å². The average Bonchev–Trinajstić information content (AvgIpc) is 2.86. The van der Waals surface area contributed by atoms with Gasteiger partial charge in [0.25, 0.3) is 0 Å². The molecule has 0 bridgehead atoms. The van der Waals surface area contributed by atoms with E-state index in [2.05, 4.69) is 0 Å². The number of fused-ring (bicyclic) bond motifs is 1. The van der Waals surface area contributed by atoms with Gasteiger partial charge in [-0.25, -0.2) is 0 Å². The normalized spacial score (nSPS) is 10.7. The Labute approximate surface area is 193 Å². The second kappa shape index (κ2) is 9.69. The van der Waals surface area contributed by atoms with Gasteiger partial charge < -0.3 is 23.7 Å². The lowest BCUT2D eigenvalue weighted by Crippen LogP contribution is -2.00. The van der Waals surface area contributed by atoms with E-state index in [1.165, 1.54) is 0 Å².